The predicted molar refractivity (Wildman–Crippen MR) is 460 cm³/mol. The van der Waals surface area contributed by atoms with Crippen molar-refractivity contribution >= 4 is 74.6 Å². The van der Waals surface area contributed by atoms with Crippen molar-refractivity contribution in [1.82, 2.24) is 34.2 Å². The van der Waals surface area contributed by atoms with E-state index < -0.39 is 11.9 Å². The Morgan fingerprint density at radius 1 is 0.517 bits per heavy atom. The second-order valence-corrected chi connectivity index (χ2v) is 28.9. The minimum absolute atomic E-state index is 0.0515. The number of nitrogen functional groups attached to an aromatic ring is 1. The molecule has 3 N–H and O–H groups in total. The zero-order chi connectivity index (χ0) is 82.8. The molecule has 3 saturated heterocycles. The van der Waals surface area contributed by atoms with Gasteiger partial charge in [-0.25, -0.2) is 0 Å². The number of H-pyrrole nitrogens is 1. The van der Waals surface area contributed by atoms with E-state index in [2.05, 4.69) is 84.4 Å². The number of ether oxygens (including phenoxy) is 6. The maximum atomic E-state index is 13.8. The van der Waals surface area contributed by atoms with Crippen LogP contribution in [0.1, 0.15) is 131 Å². The van der Waals surface area contributed by atoms with E-state index in [1.165, 1.54) is 58.8 Å². The van der Waals surface area contributed by atoms with E-state index >= 15 is 0 Å². The lowest BCUT2D eigenvalue weighted by atomic mass is 9.93. The van der Waals surface area contributed by atoms with E-state index in [9.17, 15) is 28.8 Å². The minimum atomic E-state index is -0.846. The lowest BCUT2D eigenvalue weighted by Crippen LogP contribution is -2.31. The van der Waals surface area contributed by atoms with E-state index in [1.54, 1.807) is 75.7 Å². The number of hydrogen-bond acceptors (Lipinski definition) is 19. The molecule has 7 aromatic carbocycles. The highest BCUT2D eigenvalue weighted by Gasteiger charge is 2.35. The van der Waals surface area contributed by atoms with Gasteiger partial charge in [0.05, 0.1) is 70.7 Å². The average molecular weight is 1590 g/mol. The molecule has 23 nitrogen and oxygen atoms in total. The van der Waals surface area contributed by atoms with Gasteiger partial charge in [0.1, 0.15) is 57.5 Å². The number of allylic oxidation sites excluding steroid dienone is 2. The number of halogens is 1. The molecular weight excluding hydrogens is 1490 g/mol. The molecule has 608 valence electrons. The zero-order valence-corrected chi connectivity index (χ0v) is 69.0. The summed E-state index contributed by atoms with van der Waals surface area (Å²) in [6.07, 6.45) is 12.0. The first-order valence-electron chi connectivity index (χ1n) is 39.5. The Bertz CT molecular complexity index is 5160. The number of carbonyl (C=O) groups excluding carboxylic acids is 5. The van der Waals surface area contributed by atoms with Gasteiger partial charge in [-0.15, -0.1) is 0 Å². The molecule has 0 aliphatic carbocycles. The number of rotatable bonds is 19. The third kappa shape index (κ3) is 21.6. The molecule has 0 spiro atoms. The second kappa shape index (κ2) is 42.2. The largest absolute Gasteiger partial charge is 0.497 e. The summed E-state index contributed by atoms with van der Waals surface area (Å²) < 4.78 is 35.7. The fourth-order valence-electron chi connectivity index (χ4n) is 14.8. The van der Waals surface area contributed by atoms with Crippen LogP contribution in [-0.2, 0) is 48.5 Å². The highest BCUT2D eigenvalue weighted by molar-refractivity contribution is 6.62. The van der Waals surface area contributed by atoms with Crippen molar-refractivity contribution in [2.45, 2.75) is 118 Å². The van der Waals surface area contributed by atoms with Crippen molar-refractivity contribution in [2.24, 2.45) is 7.05 Å². The minimum Gasteiger partial charge on any atom is -0.497 e. The molecule has 1 atom stereocenters. The van der Waals surface area contributed by atoms with Crippen LogP contribution in [-0.4, -0.2) is 144 Å². The van der Waals surface area contributed by atoms with Crippen molar-refractivity contribution in [2.75, 3.05) is 101 Å². The van der Waals surface area contributed by atoms with Gasteiger partial charge in [0.2, 0.25) is 5.24 Å². The molecule has 15 rings (SSSR count). The van der Waals surface area contributed by atoms with Crippen molar-refractivity contribution in [3.8, 4) is 67.9 Å². The van der Waals surface area contributed by atoms with Crippen LogP contribution >= 0.6 is 11.6 Å². The number of fused-ring (bicyclic) bond motifs is 2. The van der Waals surface area contributed by atoms with Crippen LogP contribution < -0.4 is 44.9 Å². The quantitative estimate of drug-likeness (QED) is 0.0433. The van der Waals surface area contributed by atoms with Gasteiger partial charge in [-0.1, -0.05) is 145 Å². The van der Waals surface area contributed by atoms with Crippen molar-refractivity contribution in [3.05, 3.63) is 232 Å². The molecule has 4 aliphatic heterocycles. The molecule has 116 heavy (non-hydrogen) atoms. The summed E-state index contributed by atoms with van der Waals surface area (Å²) >= 11 is 4.64. The Balaban J connectivity index is 0.000000157. The first kappa shape index (κ1) is 86.2. The number of esters is 2. The summed E-state index contributed by atoms with van der Waals surface area (Å²) in [6.45, 7) is 17.1. The summed E-state index contributed by atoms with van der Waals surface area (Å²) in [6, 6.07) is 60.2. The Hall–Kier alpha value is -12.2. The number of piperidine rings is 3. The first-order valence-corrected chi connectivity index (χ1v) is 39.9. The number of benzene rings is 7. The SMILES string of the molecule is CC(=O)Cl.CCOC(=O)C(C(C)=O)c1ccc(OC)cc1.CCOC(=O)Cc1ccc(OC)cc1.COc1ccc(-c2c(C)n(C)c3c(N4CCCCC4)c(-c4ccccc4)nn3c2=O)cc1.COc1ccc(C2=C(C)Cc3c(N4CCCCC4)c(-c4ccccc4)nn3C2=O)cc1.Nc1n[nH]c(-c2ccccc2)c1N1CCCCC1. The lowest BCUT2D eigenvalue weighted by molar-refractivity contribution is -0.147. The Morgan fingerprint density at radius 3 is 1.40 bits per heavy atom. The van der Waals surface area contributed by atoms with Gasteiger partial charge in [0.25, 0.3) is 11.5 Å². The van der Waals surface area contributed by atoms with Crippen LogP contribution in [0.5, 0.6) is 23.0 Å². The smallest absolute Gasteiger partial charge is 0.320 e. The van der Waals surface area contributed by atoms with Crippen LogP contribution in [0.4, 0.5) is 22.9 Å². The molecule has 3 fully saturated rings. The number of nitrogens with zero attached hydrogens (tertiary/aromatic N) is 9. The van der Waals surface area contributed by atoms with Crippen molar-refractivity contribution in [3.63, 3.8) is 0 Å². The van der Waals surface area contributed by atoms with Crippen molar-refractivity contribution < 1.29 is 52.4 Å². The lowest BCUT2D eigenvalue weighted by Gasteiger charge is -2.30. The molecule has 0 bridgehead atoms. The number of methoxy groups -OCH3 is 4. The number of aromatic amines is 1. The average Bonchev–Trinajstić information content (AvgIpc) is 1.57. The van der Waals surface area contributed by atoms with Crippen molar-refractivity contribution in [1.29, 1.82) is 0 Å². The highest BCUT2D eigenvalue weighted by atomic mass is 35.5. The van der Waals surface area contributed by atoms with Crippen LogP contribution in [0.25, 0.3) is 56.1 Å². The number of aryl methyl sites for hydroxylation is 1. The van der Waals surface area contributed by atoms with E-state index in [4.69, 9.17) is 44.4 Å². The number of Topliss-reactive ketones (excluding diaryl/α,β-unsaturated/α-hetero) is 1. The van der Waals surface area contributed by atoms with Crippen LogP contribution in [0.3, 0.4) is 0 Å². The molecular formula is C92H106ClN11O12. The topological polar surface area (TPSA) is 262 Å². The predicted octanol–water partition coefficient (Wildman–Crippen LogP) is 17.0. The molecule has 11 aromatic rings. The number of carbonyl (C=O) groups is 5. The Labute approximate surface area is 683 Å². The Morgan fingerprint density at radius 2 is 0.940 bits per heavy atom. The summed E-state index contributed by atoms with van der Waals surface area (Å²) in [5.41, 5.74) is 23.8. The first-order chi connectivity index (χ1) is 56.2. The summed E-state index contributed by atoms with van der Waals surface area (Å²) in [5.74, 6) is 1.79. The number of nitrogens with two attached hydrogens (primary N) is 1. The maximum Gasteiger partial charge on any atom is 0.320 e. The van der Waals surface area contributed by atoms with Gasteiger partial charge in [-0.05, 0) is 175 Å². The molecule has 4 aliphatic rings. The number of aromatic nitrogens is 7. The fraction of sp³-hybridized carbons (Fsp3) is 0.337. The van der Waals surface area contributed by atoms with Gasteiger partial charge in [0, 0.05) is 87.6 Å². The van der Waals surface area contributed by atoms with E-state index in [-0.39, 0.29) is 35.1 Å². The van der Waals surface area contributed by atoms with Gasteiger partial charge in [0.15, 0.2) is 11.5 Å². The van der Waals surface area contributed by atoms with E-state index in [0.29, 0.717) is 35.7 Å². The van der Waals surface area contributed by atoms with Gasteiger partial charge >= 0.3 is 11.9 Å². The number of hydrogen-bond donors (Lipinski definition) is 2. The molecule has 24 heteroatoms. The molecule has 1 unspecified atom stereocenters. The van der Waals surface area contributed by atoms with Gasteiger partial charge in [-0.2, -0.15) is 24.5 Å². The molecule has 0 radical (unpaired) electrons. The number of nitrogens with one attached hydrogen (secondary N) is 1. The number of anilines is 4. The molecule has 4 aromatic heterocycles. The third-order valence-electron chi connectivity index (χ3n) is 20.5. The normalized spacial score (nSPS) is 13.9. The third-order valence-corrected chi connectivity index (χ3v) is 20.5. The standard InChI is InChI=1S/C26H28N4O2.C26H27N3O2.C14H18N4.C13H16O4.C11H14O3.C2H3ClO/c1-18-22(19-12-14-21(32-3)15-13-19)26(31)30-25(28(18)2)24(29-16-8-5-9-17-29)23(27-30)20-10-6-4-7-11-20;1-18-17-22-25(28-15-7-4-8-16-28)24(20-9-5-3-6-10-20)27-29(22)26(30)23(18)19-11-13-21(31-2)14-12-19;15-14-13(18-9-5-2-6-10-18)12(16-17-14)11-7-3-1-4-8-11;1-4-17-13(15)12(9(2)14)10-5-7-11(16-3)8-6-10;1-3-14-11(12)8-9-4-6-10(13-2)7-5-9;1-2(3)4/h4,6-7,10-15H,5,8-9,16-17H2,1-3H3;3,5-6,9-14H,4,7-8,15-17H2,1-2H3;1,3-4,7-8H,2,5-6,9-10H2,(H3,15,16,17);5-8,12H,4H2,1-3H3;4-7H,3,8H2,1-2H3;1H3. The molecule has 0 saturated carbocycles. The molecule has 0 amide bonds. The monoisotopic (exact) mass is 1590 g/mol. The second-order valence-electron chi connectivity index (χ2n) is 28.3. The van der Waals surface area contributed by atoms with Crippen LogP contribution in [0.15, 0.2) is 198 Å². The fourth-order valence-corrected chi connectivity index (χ4v) is 14.8. The zero-order valence-electron chi connectivity index (χ0n) is 68.3. The van der Waals surface area contributed by atoms with E-state index in [0.717, 1.165) is 171 Å². The van der Waals surface area contributed by atoms with E-state index in [1.807, 2.05) is 141 Å². The number of ketones is 1. The van der Waals surface area contributed by atoms with Crippen LogP contribution in [0.2, 0.25) is 0 Å². The summed E-state index contributed by atoms with van der Waals surface area (Å²) in [5, 5.41) is 16.7. The van der Waals surface area contributed by atoms with Gasteiger partial charge in [-0.3, -0.25) is 33.9 Å². The van der Waals surface area contributed by atoms with Gasteiger partial charge < -0.3 is 53.4 Å². The molecule has 8 heterocycles. The summed E-state index contributed by atoms with van der Waals surface area (Å²) in [4.78, 5) is 78.1. The summed E-state index contributed by atoms with van der Waals surface area (Å²) in [7, 11) is 8.49. The highest BCUT2D eigenvalue weighted by Crippen LogP contribution is 2.42. The maximum absolute atomic E-state index is 13.8. The Kier molecular flexibility index (Phi) is 31.4. The van der Waals surface area contributed by atoms with Crippen LogP contribution in [0, 0.1) is 6.92 Å².